The Morgan fingerprint density at radius 2 is 1.67 bits per heavy atom. The molecule has 0 bridgehead atoms. The van der Waals surface area contributed by atoms with Crippen LogP contribution in [0.1, 0.15) is 18.9 Å². The summed E-state index contributed by atoms with van der Waals surface area (Å²) in [7, 11) is 1.63. The number of benzene rings is 1. The SMILES string of the molecule is COc1ccc(CCC(=O)N2CCN(C(=O)[C@@H](C)N)CC2)cc1.Cl. The molecule has 1 aliphatic rings. The molecule has 1 saturated heterocycles. The number of methoxy groups -OCH3 is 1. The Kier molecular flexibility index (Phi) is 8.01. The number of nitrogens with zero attached hydrogens (tertiary/aromatic N) is 2. The molecular formula is C17H26ClN3O3. The smallest absolute Gasteiger partial charge is 0.239 e. The molecule has 0 saturated carbocycles. The fourth-order valence-electron chi connectivity index (χ4n) is 2.67. The van der Waals surface area contributed by atoms with Crippen molar-refractivity contribution in [1.82, 2.24) is 9.80 Å². The maximum atomic E-state index is 12.3. The van der Waals surface area contributed by atoms with Crippen LogP contribution in [0.3, 0.4) is 0 Å². The number of hydrogen-bond donors (Lipinski definition) is 1. The van der Waals surface area contributed by atoms with Gasteiger partial charge in [0, 0.05) is 32.6 Å². The van der Waals surface area contributed by atoms with Gasteiger partial charge >= 0.3 is 0 Å². The minimum atomic E-state index is -0.479. The summed E-state index contributed by atoms with van der Waals surface area (Å²) in [6.07, 6.45) is 1.19. The number of halogens is 1. The van der Waals surface area contributed by atoms with Crippen molar-refractivity contribution < 1.29 is 14.3 Å². The summed E-state index contributed by atoms with van der Waals surface area (Å²) >= 11 is 0. The highest BCUT2D eigenvalue weighted by atomic mass is 35.5. The summed E-state index contributed by atoms with van der Waals surface area (Å²) in [5.41, 5.74) is 6.73. The molecule has 1 heterocycles. The molecule has 1 aromatic rings. The lowest BCUT2D eigenvalue weighted by atomic mass is 10.1. The number of aryl methyl sites for hydroxylation is 1. The Labute approximate surface area is 149 Å². The van der Waals surface area contributed by atoms with Gasteiger partial charge in [-0.1, -0.05) is 12.1 Å². The van der Waals surface area contributed by atoms with Crippen LogP contribution in [-0.2, 0) is 16.0 Å². The normalized spacial score (nSPS) is 15.5. The molecule has 0 unspecified atom stereocenters. The van der Waals surface area contributed by atoms with Crippen LogP contribution >= 0.6 is 12.4 Å². The Hall–Kier alpha value is -1.79. The minimum Gasteiger partial charge on any atom is -0.497 e. The zero-order chi connectivity index (χ0) is 16.8. The lowest BCUT2D eigenvalue weighted by molar-refractivity contribution is -0.140. The van der Waals surface area contributed by atoms with Crippen molar-refractivity contribution in [2.24, 2.45) is 5.73 Å². The first kappa shape index (κ1) is 20.3. The van der Waals surface area contributed by atoms with E-state index in [-0.39, 0.29) is 24.2 Å². The molecule has 0 radical (unpaired) electrons. The fourth-order valence-corrected chi connectivity index (χ4v) is 2.67. The van der Waals surface area contributed by atoms with Crippen LogP contribution in [0.2, 0.25) is 0 Å². The van der Waals surface area contributed by atoms with Crippen molar-refractivity contribution in [3.8, 4) is 5.75 Å². The number of rotatable bonds is 5. The maximum Gasteiger partial charge on any atom is 0.239 e. The Morgan fingerprint density at radius 3 is 2.17 bits per heavy atom. The van der Waals surface area contributed by atoms with Gasteiger partial charge in [-0.2, -0.15) is 0 Å². The number of hydrogen-bond acceptors (Lipinski definition) is 4. The molecule has 1 aromatic carbocycles. The van der Waals surface area contributed by atoms with Gasteiger partial charge in [0.15, 0.2) is 0 Å². The second kappa shape index (κ2) is 9.49. The molecule has 0 spiro atoms. The third kappa shape index (κ3) is 5.39. The molecule has 1 aliphatic heterocycles. The van der Waals surface area contributed by atoms with Gasteiger partial charge in [0.1, 0.15) is 5.75 Å². The van der Waals surface area contributed by atoms with Gasteiger partial charge in [-0.3, -0.25) is 9.59 Å². The molecule has 134 valence electrons. The first-order chi connectivity index (χ1) is 11.0. The standard InChI is InChI=1S/C17H25N3O3.ClH/c1-13(18)17(22)20-11-9-19(10-12-20)16(21)8-5-14-3-6-15(23-2)7-4-14;/h3-4,6-7,13H,5,8-12,18H2,1-2H3;1H/t13-;/m1./s1. The molecule has 6 nitrogen and oxygen atoms in total. The highest BCUT2D eigenvalue weighted by molar-refractivity contribution is 5.85. The Balaban J connectivity index is 0.00000288. The van der Waals surface area contributed by atoms with Crippen molar-refractivity contribution in [3.05, 3.63) is 29.8 Å². The molecule has 0 aliphatic carbocycles. The molecule has 1 atom stereocenters. The highest BCUT2D eigenvalue weighted by Crippen LogP contribution is 2.13. The minimum absolute atomic E-state index is 0. The molecule has 7 heteroatoms. The number of nitrogens with two attached hydrogens (primary N) is 1. The summed E-state index contributed by atoms with van der Waals surface area (Å²) in [6, 6.07) is 7.28. The predicted octanol–water partition coefficient (Wildman–Crippen LogP) is 1.07. The van der Waals surface area contributed by atoms with Gasteiger partial charge < -0.3 is 20.3 Å². The zero-order valence-electron chi connectivity index (χ0n) is 14.2. The maximum absolute atomic E-state index is 12.3. The van der Waals surface area contributed by atoms with Crippen LogP contribution in [0.25, 0.3) is 0 Å². The van der Waals surface area contributed by atoms with E-state index in [2.05, 4.69) is 0 Å². The lowest BCUT2D eigenvalue weighted by Crippen LogP contribution is -2.53. The van der Waals surface area contributed by atoms with Gasteiger partial charge in [-0.05, 0) is 31.0 Å². The van der Waals surface area contributed by atoms with Gasteiger partial charge in [0.2, 0.25) is 11.8 Å². The fraction of sp³-hybridized carbons (Fsp3) is 0.529. The van der Waals surface area contributed by atoms with Crippen LogP contribution in [-0.4, -0.2) is 60.9 Å². The third-order valence-electron chi connectivity index (χ3n) is 4.12. The summed E-state index contributed by atoms with van der Waals surface area (Å²) in [6.45, 7) is 3.98. The van der Waals surface area contributed by atoms with E-state index < -0.39 is 6.04 Å². The molecule has 2 N–H and O–H groups in total. The Morgan fingerprint density at radius 1 is 1.12 bits per heavy atom. The molecule has 0 aromatic heterocycles. The van der Waals surface area contributed by atoms with Gasteiger partial charge in [-0.25, -0.2) is 0 Å². The van der Waals surface area contributed by atoms with Crippen LogP contribution in [0, 0.1) is 0 Å². The lowest BCUT2D eigenvalue weighted by Gasteiger charge is -2.35. The third-order valence-corrected chi connectivity index (χ3v) is 4.12. The molecular weight excluding hydrogens is 330 g/mol. The number of amides is 2. The van der Waals surface area contributed by atoms with Crippen LogP contribution < -0.4 is 10.5 Å². The number of ether oxygens (including phenoxy) is 1. The van der Waals surface area contributed by atoms with Crippen molar-refractivity contribution >= 4 is 24.2 Å². The van der Waals surface area contributed by atoms with E-state index >= 15 is 0 Å². The van der Waals surface area contributed by atoms with E-state index in [1.165, 1.54) is 0 Å². The van der Waals surface area contributed by atoms with Crippen molar-refractivity contribution in [3.63, 3.8) is 0 Å². The van der Waals surface area contributed by atoms with Crippen molar-refractivity contribution in [2.45, 2.75) is 25.8 Å². The van der Waals surface area contributed by atoms with E-state index in [1.54, 1.807) is 18.9 Å². The van der Waals surface area contributed by atoms with Gasteiger partial charge in [-0.15, -0.1) is 12.4 Å². The molecule has 2 amide bonds. The topological polar surface area (TPSA) is 75.9 Å². The quantitative estimate of drug-likeness (QED) is 0.857. The second-order valence-electron chi connectivity index (χ2n) is 5.84. The first-order valence-corrected chi connectivity index (χ1v) is 7.96. The van der Waals surface area contributed by atoms with Crippen LogP contribution in [0.4, 0.5) is 0 Å². The van der Waals surface area contributed by atoms with E-state index in [4.69, 9.17) is 10.5 Å². The summed E-state index contributed by atoms with van der Waals surface area (Å²) in [5, 5.41) is 0. The number of piperazine rings is 1. The number of carbonyl (C=O) groups excluding carboxylic acids is 2. The average molecular weight is 356 g/mol. The predicted molar refractivity (Wildman–Crippen MR) is 95.4 cm³/mol. The molecule has 24 heavy (non-hydrogen) atoms. The Bertz CT molecular complexity index is 541. The number of carbonyl (C=O) groups is 2. The molecule has 1 fully saturated rings. The summed E-state index contributed by atoms with van der Waals surface area (Å²) in [4.78, 5) is 27.7. The average Bonchev–Trinajstić information content (AvgIpc) is 2.59. The summed E-state index contributed by atoms with van der Waals surface area (Å²) in [5.74, 6) is 0.902. The van der Waals surface area contributed by atoms with Crippen LogP contribution in [0.5, 0.6) is 5.75 Å². The first-order valence-electron chi connectivity index (χ1n) is 7.96. The van der Waals surface area contributed by atoms with Crippen LogP contribution in [0.15, 0.2) is 24.3 Å². The highest BCUT2D eigenvalue weighted by Gasteiger charge is 2.25. The monoisotopic (exact) mass is 355 g/mol. The van der Waals surface area contributed by atoms with E-state index in [9.17, 15) is 9.59 Å². The van der Waals surface area contributed by atoms with Gasteiger partial charge in [0.05, 0.1) is 13.2 Å². The van der Waals surface area contributed by atoms with Crippen molar-refractivity contribution in [1.29, 1.82) is 0 Å². The molecule has 2 rings (SSSR count). The summed E-state index contributed by atoms with van der Waals surface area (Å²) < 4.78 is 5.12. The van der Waals surface area contributed by atoms with Crippen molar-refractivity contribution in [2.75, 3.05) is 33.3 Å². The second-order valence-corrected chi connectivity index (χ2v) is 5.84. The van der Waals surface area contributed by atoms with Gasteiger partial charge in [0.25, 0.3) is 0 Å². The van der Waals surface area contributed by atoms with E-state index in [1.807, 2.05) is 29.2 Å². The largest absolute Gasteiger partial charge is 0.497 e. The zero-order valence-corrected chi connectivity index (χ0v) is 15.1. The van der Waals surface area contributed by atoms with E-state index in [0.29, 0.717) is 39.0 Å². The van der Waals surface area contributed by atoms with E-state index in [0.717, 1.165) is 11.3 Å².